The van der Waals surface area contributed by atoms with Crippen molar-refractivity contribution in [3.63, 3.8) is 0 Å². The molecule has 2 nitrogen and oxygen atoms in total. The van der Waals surface area contributed by atoms with E-state index in [1.54, 1.807) is 6.92 Å². The second kappa shape index (κ2) is 7.63. The van der Waals surface area contributed by atoms with Gasteiger partial charge >= 0.3 is 5.97 Å². The van der Waals surface area contributed by atoms with Crippen LogP contribution in [-0.2, 0) is 16.1 Å². The predicted molar refractivity (Wildman–Crippen MR) is 88.8 cm³/mol. The van der Waals surface area contributed by atoms with E-state index in [9.17, 15) is 4.79 Å². The van der Waals surface area contributed by atoms with E-state index < -0.39 is 0 Å². The lowest BCUT2D eigenvalue weighted by molar-refractivity contribution is -0.140. The maximum absolute atomic E-state index is 11.4. The zero-order chi connectivity index (χ0) is 16.0. The maximum atomic E-state index is 11.4. The van der Waals surface area contributed by atoms with Crippen molar-refractivity contribution in [1.82, 2.24) is 0 Å². The van der Waals surface area contributed by atoms with E-state index in [2.05, 4.69) is 52.5 Å². The third kappa shape index (κ3) is 5.42. The van der Waals surface area contributed by atoms with Crippen LogP contribution >= 0.6 is 0 Å². The number of benzene rings is 1. The highest BCUT2D eigenvalue weighted by Crippen LogP contribution is 2.22. The molecule has 0 aromatic heterocycles. The van der Waals surface area contributed by atoms with Crippen LogP contribution in [0.15, 0.2) is 53.6 Å². The van der Waals surface area contributed by atoms with Gasteiger partial charge in [-0.25, -0.2) is 4.79 Å². The number of carbonyl (C=O) groups is 1. The zero-order valence-corrected chi connectivity index (χ0v) is 13.6. The lowest BCUT2D eigenvalue weighted by Gasteiger charge is -2.09. The summed E-state index contributed by atoms with van der Waals surface area (Å²) in [5, 5.41) is 0. The van der Waals surface area contributed by atoms with Crippen LogP contribution in [0.4, 0.5) is 0 Å². The van der Waals surface area contributed by atoms with E-state index in [0.717, 1.165) is 5.56 Å². The maximum Gasteiger partial charge on any atom is 0.333 e. The Kier molecular flexibility index (Phi) is 6.16. The third-order valence-electron chi connectivity index (χ3n) is 2.96. The number of allylic oxidation sites excluding steroid dienone is 4. The molecular weight excluding hydrogens is 260 g/mol. The van der Waals surface area contributed by atoms with Gasteiger partial charge in [0.05, 0.1) is 0 Å². The van der Waals surface area contributed by atoms with Crippen molar-refractivity contribution in [2.45, 2.75) is 41.2 Å². The minimum atomic E-state index is -0.353. The molecule has 112 valence electrons. The van der Waals surface area contributed by atoms with Crippen LogP contribution in [0.3, 0.4) is 0 Å². The molecule has 0 fully saturated rings. The van der Waals surface area contributed by atoms with Crippen LogP contribution in [0.5, 0.6) is 0 Å². The molecule has 2 heteroatoms. The van der Waals surface area contributed by atoms with E-state index >= 15 is 0 Å². The number of hydrogen-bond donors (Lipinski definition) is 0. The molecule has 0 amide bonds. The van der Waals surface area contributed by atoms with Gasteiger partial charge in [0.2, 0.25) is 0 Å². The molecule has 0 spiro atoms. The van der Waals surface area contributed by atoms with Gasteiger partial charge < -0.3 is 4.74 Å². The Labute approximate surface area is 127 Å². The average molecular weight is 284 g/mol. The normalized spacial score (nSPS) is 9.76. The molecule has 1 aromatic rings. The lowest BCUT2D eigenvalue weighted by Crippen LogP contribution is -2.04. The fraction of sp³-hybridized carbons (Fsp3) is 0.316. The number of carbonyl (C=O) groups excluding carboxylic acids is 1. The largest absolute Gasteiger partial charge is 0.457 e. The van der Waals surface area contributed by atoms with Gasteiger partial charge in [0.1, 0.15) is 6.61 Å². The Morgan fingerprint density at radius 2 is 1.67 bits per heavy atom. The minimum Gasteiger partial charge on any atom is -0.457 e. The van der Waals surface area contributed by atoms with E-state index in [1.807, 2.05) is 12.1 Å². The first-order chi connectivity index (χ1) is 9.81. The summed E-state index contributed by atoms with van der Waals surface area (Å²) in [4.78, 5) is 11.4. The first-order valence-corrected chi connectivity index (χ1v) is 7.05. The van der Waals surface area contributed by atoms with Crippen LogP contribution in [-0.4, -0.2) is 5.97 Å². The lowest BCUT2D eigenvalue weighted by atomic mass is 9.98. The van der Waals surface area contributed by atoms with Crippen molar-refractivity contribution in [1.29, 1.82) is 0 Å². The van der Waals surface area contributed by atoms with Crippen LogP contribution < -0.4 is 0 Å². The molecule has 0 unspecified atom stereocenters. The van der Waals surface area contributed by atoms with E-state index in [4.69, 9.17) is 4.74 Å². The summed E-state index contributed by atoms with van der Waals surface area (Å²) in [5.74, 6) is -0.353. The highest BCUT2D eigenvalue weighted by atomic mass is 16.5. The van der Waals surface area contributed by atoms with E-state index in [-0.39, 0.29) is 12.6 Å². The topological polar surface area (TPSA) is 26.3 Å². The molecule has 0 radical (unpaired) electrons. The van der Waals surface area contributed by atoms with Crippen LogP contribution in [0.2, 0.25) is 0 Å². The molecule has 0 heterocycles. The van der Waals surface area contributed by atoms with Gasteiger partial charge in [-0.15, -0.1) is 0 Å². The van der Waals surface area contributed by atoms with Crippen LogP contribution in [0.1, 0.15) is 45.7 Å². The summed E-state index contributed by atoms with van der Waals surface area (Å²) in [6.07, 6.45) is 2.19. The van der Waals surface area contributed by atoms with Gasteiger partial charge in [0, 0.05) is 5.57 Å². The van der Waals surface area contributed by atoms with Crippen molar-refractivity contribution in [3.05, 3.63) is 64.8 Å². The molecule has 0 N–H and O–H groups in total. The first kappa shape index (κ1) is 17.0. The monoisotopic (exact) mass is 284 g/mol. The summed E-state index contributed by atoms with van der Waals surface area (Å²) in [6.45, 7) is 13.9. The number of rotatable bonds is 5. The molecule has 0 saturated carbocycles. The molecule has 0 aliphatic rings. The molecule has 0 aliphatic heterocycles. The molecule has 1 aromatic carbocycles. The highest BCUT2D eigenvalue weighted by molar-refractivity contribution is 5.86. The summed E-state index contributed by atoms with van der Waals surface area (Å²) >= 11 is 0. The molecule has 0 saturated heterocycles. The van der Waals surface area contributed by atoms with Crippen molar-refractivity contribution in [3.8, 4) is 0 Å². The molecular formula is C19H24O2. The first-order valence-electron chi connectivity index (χ1n) is 7.05. The molecule has 0 atom stereocenters. The minimum absolute atomic E-state index is 0.277. The molecule has 0 aliphatic carbocycles. The van der Waals surface area contributed by atoms with Crippen molar-refractivity contribution >= 4 is 11.5 Å². The van der Waals surface area contributed by atoms with Gasteiger partial charge in [-0.3, -0.25) is 0 Å². The molecule has 0 bridgehead atoms. The fourth-order valence-electron chi connectivity index (χ4n) is 1.86. The highest BCUT2D eigenvalue weighted by Gasteiger charge is 2.05. The Balaban J connectivity index is 2.87. The van der Waals surface area contributed by atoms with Gasteiger partial charge in [-0.05, 0) is 51.3 Å². The average Bonchev–Trinajstić information content (AvgIpc) is 2.42. The third-order valence-corrected chi connectivity index (χ3v) is 2.96. The van der Waals surface area contributed by atoms with Crippen LogP contribution in [0.25, 0.3) is 5.57 Å². The zero-order valence-electron chi connectivity index (χ0n) is 13.6. The summed E-state index contributed by atoms with van der Waals surface area (Å²) in [7, 11) is 0. The smallest absolute Gasteiger partial charge is 0.333 e. The molecule has 1 rings (SSSR count). The van der Waals surface area contributed by atoms with Crippen LogP contribution in [0, 0.1) is 0 Å². The second-order valence-electron chi connectivity index (χ2n) is 5.69. The summed E-state index contributed by atoms with van der Waals surface area (Å²) in [5.41, 5.74) is 6.34. The van der Waals surface area contributed by atoms with Crippen molar-refractivity contribution in [2.24, 2.45) is 0 Å². The number of ether oxygens (including phenoxy) is 1. The molecule has 21 heavy (non-hydrogen) atoms. The van der Waals surface area contributed by atoms with Gasteiger partial charge in [-0.1, -0.05) is 48.1 Å². The van der Waals surface area contributed by atoms with Gasteiger partial charge in [0.25, 0.3) is 0 Å². The van der Waals surface area contributed by atoms with Gasteiger partial charge in [-0.2, -0.15) is 0 Å². The van der Waals surface area contributed by atoms with Crippen molar-refractivity contribution < 1.29 is 9.53 Å². The fourth-order valence-corrected chi connectivity index (χ4v) is 1.86. The number of esters is 1. The van der Waals surface area contributed by atoms with E-state index in [0.29, 0.717) is 5.57 Å². The second-order valence-corrected chi connectivity index (χ2v) is 5.69. The summed E-state index contributed by atoms with van der Waals surface area (Å²) < 4.78 is 5.14. The Morgan fingerprint density at radius 1 is 1.10 bits per heavy atom. The summed E-state index contributed by atoms with van der Waals surface area (Å²) in [6, 6.07) is 8.10. The Hall–Kier alpha value is -2.09. The standard InChI is InChI=1S/C19H24O2/c1-13(2)11-18(14(3)4)17-9-7-16(8-10-17)12-21-19(20)15(5)6/h7-11H,5,12H2,1-4,6H3. The van der Waals surface area contributed by atoms with Gasteiger partial charge in [0.15, 0.2) is 0 Å². The Bertz CT molecular complexity index is 578. The number of hydrogen-bond acceptors (Lipinski definition) is 2. The predicted octanol–water partition coefficient (Wildman–Crippen LogP) is 5.07. The Morgan fingerprint density at radius 3 is 2.10 bits per heavy atom. The van der Waals surface area contributed by atoms with E-state index in [1.165, 1.54) is 22.3 Å². The van der Waals surface area contributed by atoms with Crippen molar-refractivity contribution in [2.75, 3.05) is 0 Å². The SMILES string of the molecule is C=C(C)C(=O)OCc1ccc(C(C=C(C)C)=C(C)C)cc1. The quantitative estimate of drug-likeness (QED) is 0.429.